The number of aryl methyl sites for hydroxylation is 1. The molecule has 3 rings (SSSR count). The van der Waals surface area contributed by atoms with E-state index < -0.39 is 0 Å². The fourth-order valence-electron chi connectivity index (χ4n) is 2.36. The molecule has 0 unspecified atom stereocenters. The predicted molar refractivity (Wildman–Crippen MR) is 101 cm³/mol. The second-order valence-corrected chi connectivity index (χ2v) is 6.89. The molecular formula is C16H14BrCl2N5O. The molecule has 2 aromatic heterocycles. The van der Waals surface area contributed by atoms with Crippen molar-refractivity contribution in [2.75, 3.05) is 5.32 Å². The lowest BCUT2D eigenvalue weighted by Crippen LogP contribution is -2.18. The number of rotatable bonds is 5. The zero-order valence-electron chi connectivity index (χ0n) is 13.2. The highest BCUT2D eigenvalue weighted by Crippen LogP contribution is 2.24. The number of carbonyl (C=O) groups is 1. The van der Waals surface area contributed by atoms with Crippen LogP contribution in [0.25, 0.3) is 0 Å². The summed E-state index contributed by atoms with van der Waals surface area (Å²) in [5.74, 6) is 0.0324. The maximum Gasteiger partial charge on any atom is 0.276 e. The van der Waals surface area contributed by atoms with Gasteiger partial charge in [0.2, 0.25) is 0 Å². The van der Waals surface area contributed by atoms with E-state index in [9.17, 15) is 4.79 Å². The van der Waals surface area contributed by atoms with Gasteiger partial charge in [-0.3, -0.25) is 14.2 Å². The normalized spacial score (nSPS) is 10.9. The third-order valence-electron chi connectivity index (χ3n) is 3.55. The number of halogens is 3. The Morgan fingerprint density at radius 2 is 2.04 bits per heavy atom. The Kier molecular flexibility index (Phi) is 5.46. The molecule has 2 heterocycles. The van der Waals surface area contributed by atoms with Crippen LogP contribution in [0.3, 0.4) is 0 Å². The smallest absolute Gasteiger partial charge is 0.276 e. The molecule has 0 aliphatic heterocycles. The first-order valence-electron chi connectivity index (χ1n) is 7.48. The van der Waals surface area contributed by atoms with Crippen LogP contribution >= 0.6 is 39.1 Å². The van der Waals surface area contributed by atoms with Crippen LogP contribution < -0.4 is 5.32 Å². The number of hydrogen-bond acceptors (Lipinski definition) is 3. The van der Waals surface area contributed by atoms with Crippen LogP contribution in [0.5, 0.6) is 0 Å². The van der Waals surface area contributed by atoms with Crippen molar-refractivity contribution >= 4 is 50.9 Å². The number of anilines is 1. The third kappa shape index (κ3) is 3.89. The fourth-order valence-corrected chi connectivity index (χ4v) is 3.20. The zero-order chi connectivity index (χ0) is 18.0. The molecule has 1 N–H and O–H groups in total. The standard InChI is InChI=1S/C16H14BrCl2N5O/c1-2-24-14(13(19)7-20-24)16(25)21-15-11(17)9-23(22-15)8-10-5-3-4-6-12(10)18/h3-7,9H,2,8H2,1H3,(H,21,22,25). The van der Waals surface area contributed by atoms with Crippen molar-refractivity contribution in [1.29, 1.82) is 0 Å². The summed E-state index contributed by atoms with van der Waals surface area (Å²) in [5, 5.41) is 12.2. The number of aromatic nitrogens is 4. The number of amides is 1. The molecule has 0 aliphatic carbocycles. The minimum absolute atomic E-state index is 0.297. The van der Waals surface area contributed by atoms with Crippen molar-refractivity contribution in [3.8, 4) is 0 Å². The number of hydrogen-bond donors (Lipinski definition) is 1. The van der Waals surface area contributed by atoms with Gasteiger partial charge in [0, 0.05) is 17.8 Å². The number of nitrogens with zero attached hydrogens (tertiary/aromatic N) is 4. The Hall–Kier alpha value is -1.83. The van der Waals surface area contributed by atoms with Gasteiger partial charge in [0.25, 0.3) is 5.91 Å². The molecule has 9 heteroatoms. The summed E-state index contributed by atoms with van der Waals surface area (Å²) in [5.41, 5.74) is 1.24. The van der Waals surface area contributed by atoms with E-state index in [1.54, 1.807) is 10.9 Å². The van der Waals surface area contributed by atoms with Gasteiger partial charge >= 0.3 is 0 Å². The number of nitrogens with one attached hydrogen (secondary N) is 1. The average Bonchev–Trinajstić information content (AvgIpc) is 3.12. The van der Waals surface area contributed by atoms with Crippen molar-refractivity contribution in [3.63, 3.8) is 0 Å². The quantitative estimate of drug-likeness (QED) is 0.633. The second kappa shape index (κ2) is 7.59. The molecular weight excluding hydrogens is 429 g/mol. The maximum absolute atomic E-state index is 12.5. The SMILES string of the molecule is CCn1ncc(Cl)c1C(=O)Nc1nn(Cc2ccccc2Cl)cc1Br. The van der Waals surface area contributed by atoms with Gasteiger partial charge in [-0.25, -0.2) is 0 Å². The highest BCUT2D eigenvalue weighted by Gasteiger charge is 2.19. The summed E-state index contributed by atoms with van der Waals surface area (Å²) in [6.07, 6.45) is 3.22. The van der Waals surface area contributed by atoms with Crippen LogP contribution in [-0.2, 0) is 13.1 Å². The second-order valence-electron chi connectivity index (χ2n) is 5.23. The molecule has 0 atom stereocenters. The average molecular weight is 443 g/mol. The Labute approximate surface area is 162 Å². The molecule has 25 heavy (non-hydrogen) atoms. The molecule has 0 fully saturated rings. The molecule has 0 spiro atoms. The monoisotopic (exact) mass is 441 g/mol. The van der Waals surface area contributed by atoms with E-state index in [4.69, 9.17) is 23.2 Å². The molecule has 1 amide bonds. The van der Waals surface area contributed by atoms with Crippen LogP contribution in [0.1, 0.15) is 23.0 Å². The predicted octanol–water partition coefficient (Wildman–Crippen LogP) is 4.47. The van der Waals surface area contributed by atoms with E-state index in [2.05, 4.69) is 31.4 Å². The van der Waals surface area contributed by atoms with Gasteiger partial charge in [-0.1, -0.05) is 41.4 Å². The summed E-state index contributed by atoms with van der Waals surface area (Å²) in [4.78, 5) is 12.5. The van der Waals surface area contributed by atoms with Gasteiger partial charge < -0.3 is 5.32 Å². The molecule has 0 aliphatic rings. The molecule has 0 radical (unpaired) electrons. The van der Waals surface area contributed by atoms with E-state index in [1.165, 1.54) is 10.9 Å². The van der Waals surface area contributed by atoms with Crippen LogP contribution in [0.2, 0.25) is 10.0 Å². The Bertz CT molecular complexity index is 921. The molecule has 6 nitrogen and oxygen atoms in total. The van der Waals surface area contributed by atoms with Crippen molar-refractivity contribution in [1.82, 2.24) is 19.6 Å². The molecule has 0 saturated carbocycles. The molecule has 1 aromatic carbocycles. The number of benzene rings is 1. The van der Waals surface area contributed by atoms with Crippen LogP contribution in [0.4, 0.5) is 5.82 Å². The number of carbonyl (C=O) groups excluding carboxylic acids is 1. The summed E-state index contributed by atoms with van der Waals surface area (Å²) >= 11 is 15.6. The van der Waals surface area contributed by atoms with Crippen molar-refractivity contribution in [2.24, 2.45) is 0 Å². The molecule has 130 valence electrons. The first kappa shape index (κ1) is 18.0. The minimum atomic E-state index is -0.368. The molecule has 0 saturated heterocycles. The van der Waals surface area contributed by atoms with Crippen molar-refractivity contribution in [2.45, 2.75) is 20.0 Å². The highest BCUT2D eigenvalue weighted by molar-refractivity contribution is 9.10. The van der Waals surface area contributed by atoms with Gasteiger partial charge in [-0.15, -0.1) is 0 Å². The maximum atomic E-state index is 12.5. The largest absolute Gasteiger partial charge is 0.303 e. The lowest BCUT2D eigenvalue weighted by molar-refractivity contribution is 0.101. The molecule has 0 bridgehead atoms. The fraction of sp³-hybridized carbons (Fsp3) is 0.188. The topological polar surface area (TPSA) is 64.7 Å². The zero-order valence-corrected chi connectivity index (χ0v) is 16.3. The minimum Gasteiger partial charge on any atom is -0.303 e. The summed E-state index contributed by atoms with van der Waals surface area (Å²) in [7, 11) is 0. The molecule has 3 aromatic rings. The lowest BCUT2D eigenvalue weighted by atomic mass is 10.2. The van der Waals surface area contributed by atoms with Crippen LogP contribution in [0, 0.1) is 0 Å². The third-order valence-corrected chi connectivity index (χ3v) is 4.77. The van der Waals surface area contributed by atoms with E-state index in [0.717, 1.165) is 5.56 Å². The Balaban J connectivity index is 1.80. The van der Waals surface area contributed by atoms with Crippen molar-refractivity contribution < 1.29 is 4.79 Å². The summed E-state index contributed by atoms with van der Waals surface area (Å²) in [6.45, 7) is 2.91. The van der Waals surface area contributed by atoms with E-state index in [0.29, 0.717) is 39.1 Å². The van der Waals surface area contributed by atoms with Crippen LogP contribution in [0.15, 0.2) is 41.1 Å². The summed E-state index contributed by atoms with van der Waals surface area (Å²) in [6, 6.07) is 7.54. The van der Waals surface area contributed by atoms with Gasteiger partial charge in [0.1, 0.15) is 5.69 Å². The van der Waals surface area contributed by atoms with E-state index in [-0.39, 0.29) is 5.91 Å². The first-order chi connectivity index (χ1) is 12.0. The van der Waals surface area contributed by atoms with Gasteiger partial charge in [0.15, 0.2) is 5.82 Å². The van der Waals surface area contributed by atoms with Crippen molar-refractivity contribution in [3.05, 3.63) is 62.4 Å². The van der Waals surface area contributed by atoms with Crippen LogP contribution in [-0.4, -0.2) is 25.5 Å². The van der Waals surface area contributed by atoms with E-state index >= 15 is 0 Å². The highest BCUT2D eigenvalue weighted by atomic mass is 79.9. The summed E-state index contributed by atoms with van der Waals surface area (Å²) < 4.78 is 3.89. The first-order valence-corrected chi connectivity index (χ1v) is 9.03. The van der Waals surface area contributed by atoms with Gasteiger partial charge in [0.05, 0.1) is 22.2 Å². The van der Waals surface area contributed by atoms with Gasteiger partial charge in [-0.2, -0.15) is 10.2 Å². The lowest BCUT2D eigenvalue weighted by Gasteiger charge is -2.06. The Morgan fingerprint density at radius 1 is 1.28 bits per heavy atom. The van der Waals surface area contributed by atoms with E-state index in [1.807, 2.05) is 31.2 Å². The Morgan fingerprint density at radius 3 is 2.76 bits per heavy atom. The van der Waals surface area contributed by atoms with Gasteiger partial charge in [-0.05, 0) is 34.5 Å².